The molecule has 0 bridgehead atoms. The number of hydrogen-bond donors (Lipinski definition) is 1. The molecule has 0 radical (unpaired) electrons. The van der Waals surface area contributed by atoms with Crippen LogP contribution in [0.2, 0.25) is 5.02 Å². The lowest BCUT2D eigenvalue weighted by Crippen LogP contribution is -2.03. The van der Waals surface area contributed by atoms with E-state index in [1.807, 2.05) is 36.4 Å². The summed E-state index contributed by atoms with van der Waals surface area (Å²) in [5.41, 5.74) is 3.30. The van der Waals surface area contributed by atoms with Crippen LogP contribution in [0, 0.1) is 6.92 Å². The number of rotatable bonds is 4. The van der Waals surface area contributed by atoms with Crippen LogP contribution in [0.3, 0.4) is 0 Å². The summed E-state index contributed by atoms with van der Waals surface area (Å²) in [5.74, 6) is 0.871. The molecule has 0 heterocycles. The van der Waals surface area contributed by atoms with Crippen molar-refractivity contribution < 1.29 is 4.74 Å². The molecule has 2 rings (SSSR count). The third kappa shape index (κ3) is 3.64. The molecule has 0 aliphatic carbocycles. The van der Waals surface area contributed by atoms with Crippen LogP contribution in [0.25, 0.3) is 0 Å². The fourth-order valence-corrected chi connectivity index (χ4v) is 2.44. The predicted molar refractivity (Wildman–Crippen MR) is 84.2 cm³/mol. The second-order valence-corrected chi connectivity index (χ2v) is 5.62. The fourth-order valence-electron chi connectivity index (χ4n) is 1.86. The smallest absolute Gasteiger partial charge is 0.123 e. The van der Waals surface area contributed by atoms with Crippen molar-refractivity contribution in [3.8, 4) is 5.75 Å². The van der Waals surface area contributed by atoms with E-state index in [1.165, 1.54) is 5.56 Å². The maximum Gasteiger partial charge on any atom is 0.123 e. The van der Waals surface area contributed by atoms with E-state index in [2.05, 4.69) is 28.2 Å². The van der Waals surface area contributed by atoms with E-state index >= 15 is 0 Å². The first-order valence-corrected chi connectivity index (χ1v) is 7.09. The minimum atomic E-state index is 0.684. The van der Waals surface area contributed by atoms with Gasteiger partial charge in [0, 0.05) is 27.3 Å². The van der Waals surface area contributed by atoms with Gasteiger partial charge >= 0.3 is 0 Å². The summed E-state index contributed by atoms with van der Waals surface area (Å²) in [5, 5.41) is 4.12. The third-order valence-corrected chi connectivity index (χ3v) is 3.64. The van der Waals surface area contributed by atoms with Crippen molar-refractivity contribution in [2.45, 2.75) is 13.5 Å². The van der Waals surface area contributed by atoms with Crippen LogP contribution < -0.4 is 10.1 Å². The van der Waals surface area contributed by atoms with Crippen molar-refractivity contribution in [2.24, 2.45) is 0 Å². The van der Waals surface area contributed by atoms with Gasteiger partial charge in [0.2, 0.25) is 0 Å². The van der Waals surface area contributed by atoms with Gasteiger partial charge in [-0.25, -0.2) is 0 Å². The van der Waals surface area contributed by atoms with Gasteiger partial charge in [-0.05, 0) is 42.8 Å². The van der Waals surface area contributed by atoms with Crippen molar-refractivity contribution in [1.82, 2.24) is 0 Å². The molecule has 0 amide bonds. The van der Waals surface area contributed by atoms with Crippen LogP contribution in [0.15, 0.2) is 40.9 Å². The summed E-state index contributed by atoms with van der Waals surface area (Å²) in [6, 6.07) is 11.8. The number of anilines is 1. The normalized spacial score (nSPS) is 10.3. The first-order chi connectivity index (χ1) is 9.10. The zero-order valence-corrected chi connectivity index (χ0v) is 13.2. The topological polar surface area (TPSA) is 21.3 Å². The quantitative estimate of drug-likeness (QED) is 0.842. The van der Waals surface area contributed by atoms with E-state index in [9.17, 15) is 0 Å². The summed E-state index contributed by atoms with van der Waals surface area (Å²) in [6.07, 6.45) is 0. The third-order valence-electron chi connectivity index (χ3n) is 2.91. The Labute approximate surface area is 126 Å². The van der Waals surface area contributed by atoms with Crippen molar-refractivity contribution >= 4 is 33.2 Å². The number of hydrogen-bond acceptors (Lipinski definition) is 2. The first kappa shape index (κ1) is 14.2. The molecular weight excluding hydrogens is 326 g/mol. The highest BCUT2D eigenvalue weighted by atomic mass is 79.9. The molecule has 0 fully saturated rings. The average Bonchev–Trinajstić information content (AvgIpc) is 2.40. The summed E-state index contributed by atoms with van der Waals surface area (Å²) in [7, 11) is 1.68. The minimum Gasteiger partial charge on any atom is -0.496 e. The van der Waals surface area contributed by atoms with Gasteiger partial charge < -0.3 is 10.1 Å². The molecule has 100 valence electrons. The largest absolute Gasteiger partial charge is 0.496 e. The van der Waals surface area contributed by atoms with Crippen molar-refractivity contribution in [3.63, 3.8) is 0 Å². The average molecular weight is 341 g/mol. The molecule has 0 aliphatic rings. The second kappa shape index (κ2) is 6.31. The standard InChI is InChI=1S/C15H15BrClNO/c1-10-3-5-13(17)8-14(10)18-9-11-7-12(16)4-6-15(11)19-2/h3-8,18H,9H2,1-2H3. The number of halogens is 2. The molecule has 4 heteroatoms. The molecule has 0 saturated heterocycles. The monoisotopic (exact) mass is 339 g/mol. The van der Waals surface area contributed by atoms with Gasteiger partial charge in [0.1, 0.15) is 5.75 Å². The number of benzene rings is 2. The highest BCUT2D eigenvalue weighted by Crippen LogP contribution is 2.25. The Morgan fingerprint density at radius 2 is 2.00 bits per heavy atom. The summed E-state index contributed by atoms with van der Waals surface area (Å²) in [6.45, 7) is 2.74. The van der Waals surface area contributed by atoms with Gasteiger partial charge in [0.25, 0.3) is 0 Å². The molecule has 0 spiro atoms. The predicted octanol–water partition coefficient (Wildman–Crippen LogP) is 5.03. The van der Waals surface area contributed by atoms with Gasteiger partial charge in [0.05, 0.1) is 7.11 Å². The Balaban J connectivity index is 2.18. The van der Waals surface area contributed by atoms with E-state index in [1.54, 1.807) is 7.11 Å². The van der Waals surface area contributed by atoms with E-state index < -0.39 is 0 Å². The molecule has 0 aromatic heterocycles. The Kier molecular flexibility index (Phi) is 4.72. The van der Waals surface area contributed by atoms with E-state index in [4.69, 9.17) is 16.3 Å². The zero-order valence-electron chi connectivity index (χ0n) is 10.8. The van der Waals surface area contributed by atoms with E-state index in [0.29, 0.717) is 6.54 Å². The second-order valence-electron chi connectivity index (χ2n) is 4.27. The molecule has 2 aromatic rings. The molecule has 1 N–H and O–H groups in total. The van der Waals surface area contributed by atoms with E-state index in [0.717, 1.165) is 26.5 Å². The van der Waals surface area contributed by atoms with Crippen molar-refractivity contribution in [3.05, 3.63) is 57.0 Å². The van der Waals surface area contributed by atoms with Crippen LogP contribution in [-0.4, -0.2) is 7.11 Å². The van der Waals surface area contributed by atoms with Gasteiger partial charge in [-0.1, -0.05) is 33.6 Å². The molecule has 2 nitrogen and oxygen atoms in total. The lowest BCUT2D eigenvalue weighted by molar-refractivity contribution is 0.410. The van der Waals surface area contributed by atoms with Gasteiger partial charge in [0.15, 0.2) is 0 Å². The summed E-state index contributed by atoms with van der Waals surface area (Å²) in [4.78, 5) is 0. The number of ether oxygens (including phenoxy) is 1. The summed E-state index contributed by atoms with van der Waals surface area (Å²) < 4.78 is 6.39. The summed E-state index contributed by atoms with van der Waals surface area (Å²) >= 11 is 9.48. The van der Waals surface area contributed by atoms with Crippen molar-refractivity contribution in [1.29, 1.82) is 0 Å². The first-order valence-electron chi connectivity index (χ1n) is 5.92. The minimum absolute atomic E-state index is 0.684. The van der Waals surface area contributed by atoms with Crippen LogP contribution in [-0.2, 0) is 6.54 Å². The number of nitrogens with one attached hydrogen (secondary N) is 1. The maximum absolute atomic E-state index is 6.01. The SMILES string of the molecule is COc1ccc(Br)cc1CNc1cc(Cl)ccc1C. The molecular formula is C15H15BrClNO. The van der Waals surface area contributed by atoms with Gasteiger partial charge in [-0.3, -0.25) is 0 Å². The van der Waals surface area contributed by atoms with Gasteiger partial charge in [-0.2, -0.15) is 0 Å². The maximum atomic E-state index is 6.01. The Bertz CT molecular complexity index is 586. The van der Waals surface area contributed by atoms with Crippen LogP contribution in [0.5, 0.6) is 5.75 Å². The Hall–Kier alpha value is -1.19. The Morgan fingerprint density at radius 1 is 1.21 bits per heavy atom. The van der Waals surface area contributed by atoms with Crippen LogP contribution >= 0.6 is 27.5 Å². The molecule has 0 saturated carbocycles. The fraction of sp³-hybridized carbons (Fsp3) is 0.200. The number of aryl methyl sites for hydroxylation is 1. The van der Waals surface area contributed by atoms with Crippen molar-refractivity contribution in [2.75, 3.05) is 12.4 Å². The highest BCUT2D eigenvalue weighted by Gasteiger charge is 2.05. The molecule has 2 aromatic carbocycles. The number of methoxy groups -OCH3 is 1. The zero-order chi connectivity index (χ0) is 13.8. The van der Waals surface area contributed by atoms with Crippen LogP contribution in [0.1, 0.15) is 11.1 Å². The molecule has 0 unspecified atom stereocenters. The van der Waals surface area contributed by atoms with Crippen LogP contribution in [0.4, 0.5) is 5.69 Å². The lowest BCUT2D eigenvalue weighted by Gasteiger charge is -2.13. The highest BCUT2D eigenvalue weighted by molar-refractivity contribution is 9.10. The van der Waals surface area contributed by atoms with Gasteiger partial charge in [-0.15, -0.1) is 0 Å². The molecule has 0 atom stereocenters. The van der Waals surface area contributed by atoms with E-state index in [-0.39, 0.29) is 0 Å². The Morgan fingerprint density at radius 3 is 2.74 bits per heavy atom. The molecule has 0 aliphatic heterocycles. The lowest BCUT2D eigenvalue weighted by atomic mass is 10.1. The molecule has 19 heavy (non-hydrogen) atoms.